The van der Waals surface area contributed by atoms with Crippen LogP contribution in [0.3, 0.4) is 0 Å². The highest BCUT2D eigenvalue weighted by Crippen LogP contribution is 2.42. The maximum atomic E-state index is 12.7. The molecule has 0 aliphatic carbocycles. The summed E-state index contributed by atoms with van der Waals surface area (Å²) in [5.41, 5.74) is 1.46. The summed E-state index contributed by atoms with van der Waals surface area (Å²) in [7, 11) is 0. The molecule has 34 heavy (non-hydrogen) atoms. The topological polar surface area (TPSA) is 58.6 Å². The molecule has 0 unspecified atom stereocenters. The second kappa shape index (κ2) is 9.80. The van der Waals surface area contributed by atoms with E-state index >= 15 is 0 Å². The third-order valence-corrected chi connectivity index (χ3v) is 6.43. The minimum Gasteiger partial charge on any atom is -0.494 e. The first-order valence-electron chi connectivity index (χ1n) is 10.5. The zero-order valence-electron chi connectivity index (χ0n) is 18.1. The molecule has 1 N–H and O–H groups in total. The van der Waals surface area contributed by atoms with E-state index in [0.29, 0.717) is 18.0 Å². The molecule has 2 amide bonds. The molecule has 0 saturated carbocycles. The molecular weight excluding hydrogens is 465 g/mol. The number of carbonyl (C=O) groups excluding carboxylic acids is 2. The van der Waals surface area contributed by atoms with Crippen LogP contribution in [0.2, 0.25) is 0 Å². The Morgan fingerprint density at radius 1 is 1.03 bits per heavy atom. The first-order chi connectivity index (χ1) is 16.3. The van der Waals surface area contributed by atoms with E-state index in [1.165, 1.54) is 11.8 Å². The van der Waals surface area contributed by atoms with Gasteiger partial charge in [-0.1, -0.05) is 12.1 Å². The van der Waals surface area contributed by atoms with E-state index in [1.54, 1.807) is 17.0 Å². The minimum absolute atomic E-state index is 0.00107. The predicted molar refractivity (Wildman–Crippen MR) is 126 cm³/mol. The van der Waals surface area contributed by atoms with Crippen LogP contribution in [0.4, 0.5) is 24.5 Å². The van der Waals surface area contributed by atoms with Gasteiger partial charge < -0.3 is 10.1 Å². The van der Waals surface area contributed by atoms with Gasteiger partial charge in [0.05, 0.1) is 17.9 Å². The van der Waals surface area contributed by atoms with Crippen molar-refractivity contribution in [1.82, 2.24) is 0 Å². The summed E-state index contributed by atoms with van der Waals surface area (Å²) in [5.74, 6) is 0.571. The number of alkyl halides is 3. The van der Waals surface area contributed by atoms with Crippen LogP contribution in [0.25, 0.3) is 0 Å². The Labute approximate surface area is 198 Å². The van der Waals surface area contributed by atoms with Crippen molar-refractivity contribution in [3.8, 4) is 5.75 Å². The molecule has 9 heteroatoms. The number of carbonyl (C=O) groups is 2. The second-order valence-electron chi connectivity index (χ2n) is 7.51. The number of hydrogen-bond acceptors (Lipinski definition) is 4. The molecular formula is C25H21F3N2O3S. The fraction of sp³-hybridized carbons (Fsp3) is 0.200. The number of nitrogens with zero attached hydrogens (tertiary/aromatic N) is 1. The lowest BCUT2D eigenvalue weighted by Crippen LogP contribution is -2.27. The fourth-order valence-electron chi connectivity index (χ4n) is 3.56. The van der Waals surface area contributed by atoms with Gasteiger partial charge in [0, 0.05) is 16.9 Å². The van der Waals surface area contributed by atoms with E-state index in [2.05, 4.69) is 5.32 Å². The van der Waals surface area contributed by atoms with E-state index in [0.717, 1.165) is 41.3 Å². The zero-order valence-corrected chi connectivity index (χ0v) is 19.0. The SMILES string of the molecule is CCOc1ccc(N2C(=O)CS[C@@H]2c2ccc(NC(=O)c3ccc(C(F)(F)F)cc3)cc2)cc1. The number of amides is 2. The summed E-state index contributed by atoms with van der Waals surface area (Å²) in [6.45, 7) is 2.46. The Bertz CT molecular complexity index is 1160. The van der Waals surface area contributed by atoms with Gasteiger partial charge in [0.2, 0.25) is 5.91 Å². The highest BCUT2D eigenvalue weighted by Gasteiger charge is 2.34. The Kier molecular flexibility index (Phi) is 6.83. The molecule has 3 aromatic rings. The average Bonchev–Trinajstić information content (AvgIpc) is 3.21. The lowest BCUT2D eigenvalue weighted by Gasteiger charge is -2.24. The average molecular weight is 487 g/mol. The number of hydrogen-bond donors (Lipinski definition) is 1. The Morgan fingerprint density at radius 2 is 1.68 bits per heavy atom. The predicted octanol–water partition coefficient (Wildman–Crippen LogP) is 6.14. The smallest absolute Gasteiger partial charge is 0.416 e. The molecule has 0 radical (unpaired) electrons. The van der Waals surface area contributed by atoms with Crippen LogP contribution >= 0.6 is 11.8 Å². The molecule has 3 aromatic carbocycles. The number of rotatable bonds is 6. The summed E-state index contributed by atoms with van der Waals surface area (Å²) in [4.78, 5) is 26.7. The first-order valence-corrected chi connectivity index (χ1v) is 11.6. The third kappa shape index (κ3) is 5.20. The molecule has 1 saturated heterocycles. The van der Waals surface area contributed by atoms with E-state index in [-0.39, 0.29) is 16.8 Å². The molecule has 176 valence electrons. The molecule has 0 bridgehead atoms. The largest absolute Gasteiger partial charge is 0.494 e. The van der Waals surface area contributed by atoms with Gasteiger partial charge in [-0.05, 0) is 73.2 Å². The number of halogens is 3. The summed E-state index contributed by atoms with van der Waals surface area (Å²) in [6.07, 6.45) is -4.45. The Balaban J connectivity index is 1.46. The monoisotopic (exact) mass is 486 g/mol. The van der Waals surface area contributed by atoms with Crippen LogP contribution in [0.5, 0.6) is 5.75 Å². The van der Waals surface area contributed by atoms with Crippen molar-refractivity contribution in [1.29, 1.82) is 0 Å². The van der Waals surface area contributed by atoms with Gasteiger partial charge in [-0.2, -0.15) is 13.2 Å². The van der Waals surface area contributed by atoms with Crippen LogP contribution in [0, 0.1) is 0 Å². The van der Waals surface area contributed by atoms with E-state index in [9.17, 15) is 22.8 Å². The molecule has 1 aliphatic heterocycles. The van der Waals surface area contributed by atoms with Gasteiger partial charge in [-0.25, -0.2) is 0 Å². The van der Waals surface area contributed by atoms with E-state index in [4.69, 9.17) is 4.74 Å². The van der Waals surface area contributed by atoms with Gasteiger partial charge in [0.25, 0.3) is 5.91 Å². The van der Waals surface area contributed by atoms with Crippen molar-refractivity contribution in [3.05, 3.63) is 89.5 Å². The number of ether oxygens (including phenoxy) is 1. The van der Waals surface area contributed by atoms with Gasteiger partial charge in [-0.15, -0.1) is 11.8 Å². The van der Waals surface area contributed by atoms with Gasteiger partial charge in [0.1, 0.15) is 11.1 Å². The summed E-state index contributed by atoms with van der Waals surface area (Å²) in [6, 6.07) is 18.4. The van der Waals surface area contributed by atoms with E-state index in [1.807, 2.05) is 43.3 Å². The molecule has 1 aliphatic rings. The fourth-order valence-corrected chi connectivity index (χ4v) is 4.74. The Hall–Kier alpha value is -3.46. The van der Waals surface area contributed by atoms with Gasteiger partial charge in [-0.3, -0.25) is 14.5 Å². The molecule has 0 spiro atoms. The van der Waals surface area contributed by atoms with Crippen LogP contribution < -0.4 is 15.0 Å². The van der Waals surface area contributed by atoms with Crippen LogP contribution in [-0.4, -0.2) is 24.2 Å². The van der Waals surface area contributed by atoms with Crippen molar-refractivity contribution in [2.75, 3.05) is 22.6 Å². The lowest BCUT2D eigenvalue weighted by molar-refractivity contribution is -0.137. The standard InChI is InChI=1S/C25H21F3N2O3S/c1-2-33-21-13-11-20(12-14-21)30-22(31)15-34-24(30)17-5-9-19(10-6-17)29-23(32)16-3-7-18(8-4-16)25(26,27)28/h3-14,24H,2,15H2,1H3,(H,29,32)/t24-/m1/s1. The number of nitrogens with one attached hydrogen (secondary N) is 1. The molecule has 1 fully saturated rings. The minimum atomic E-state index is -4.45. The zero-order chi connectivity index (χ0) is 24.3. The summed E-state index contributed by atoms with van der Waals surface area (Å²) in [5, 5.41) is 2.47. The number of benzene rings is 3. The highest BCUT2D eigenvalue weighted by molar-refractivity contribution is 8.00. The van der Waals surface area contributed by atoms with Crippen LogP contribution in [0.15, 0.2) is 72.8 Å². The molecule has 1 atom stereocenters. The van der Waals surface area contributed by atoms with Crippen molar-refractivity contribution in [2.45, 2.75) is 18.5 Å². The maximum Gasteiger partial charge on any atom is 0.416 e. The lowest BCUT2D eigenvalue weighted by atomic mass is 10.1. The third-order valence-electron chi connectivity index (χ3n) is 5.22. The van der Waals surface area contributed by atoms with Crippen LogP contribution in [0.1, 0.15) is 33.8 Å². The molecule has 0 aromatic heterocycles. The van der Waals surface area contributed by atoms with Gasteiger partial charge >= 0.3 is 6.18 Å². The molecule has 1 heterocycles. The maximum absolute atomic E-state index is 12.7. The first kappa shape index (κ1) is 23.7. The normalized spacial score (nSPS) is 15.9. The van der Waals surface area contributed by atoms with Crippen molar-refractivity contribution >= 4 is 35.0 Å². The summed E-state index contributed by atoms with van der Waals surface area (Å²) >= 11 is 1.51. The van der Waals surface area contributed by atoms with Crippen molar-refractivity contribution in [2.24, 2.45) is 0 Å². The van der Waals surface area contributed by atoms with E-state index < -0.39 is 17.6 Å². The quantitative estimate of drug-likeness (QED) is 0.455. The number of thioether (sulfide) groups is 1. The highest BCUT2D eigenvalue weighted by atomic mass is 32.2. The van der Waals surface area contributed by atoms with Crippen molar-refractivity contribution < 1.29 is 27.5 Å². The summed E-state index contributed by atoms with van der Waals surface area (Å²) < 4.78 is 43.6. The number of anilines is 2. The second-order valence-corrected chi connectivity index (χ2v) is 8.57. The van der Waals surface area contributed by atoms with Crippen molar-refractivity contribution in [3.63, 3.8) is 0 Å². The van der Waals surface area contributed by atoms with Gasteiger partial charge in [0.15, 0.2) is 0 Å². The molecule has 5 nitrogen and oxygen atoms in total. The Morgan fingerprint density at radius 3 is 2.26 bits per heavy atom. The molecule has 4 rings (SSSR count). The van der Waals surface area contributed by atoms with Crippen LogP contribution in [-0.2, 0) is 11.0 Å².